The Morgan fingerprint density at radius 3 is 0.689 bits per heavy atom. The number of nitrogens with zero attached hydrogens (tertiary/aromatic N) is 2. The van der Waals surface area contributed by atoms with E-state index in [1.165, 1.54) is 0 Å². The summed E-state index contributed by atoms with van der Waals surface area (Å²) in [7, 11) is 3.86. The second-order valence-electron chi connectivity index (χ2n) is 12.7. The van der Waals surface area contributed by atoms with Gasteiger partial charge in [-0.25, -0.2) is 0 Å². The summed E-state index contributed by atoms with van der Waals surface area (Å²) in [6.45, 7) is 50.4. The van der Waals surface area contributed by atoms with E-state index in [4.69, 9.17) is 0 Å². The molecule has 8 heteroatoms. The van der Waals surface area contributed by atoms with Gasteiger partial charge in [-0.15, -0.1) is 0 Å². The van der Waals surface area contributed by atoms with Crippen molar-refractivity contribution < 1.29 is 85.1 Å². The van der Waals surface area contributed by atoms with Gasteiger partial charge in [-0.3, -0.25) is 9.59 Å². The monoisotopic (exact) mass is 918 g/mol. The largest absolute Gasteiger partial charge is 0.340 e. The summed E-state index contributed by atoms with van der Waals surface area (Å²) in [6, 6.07) is 0. The van der Waals surface area contributed by atoms with Crippen molar-refractivity contribution >= 4 is 51.7 Å². The number of carbonyl (C=O) groups excluding carboxylic acids is 2. The molecule has 0 spiro atoms. The third-order valence-electron chi connectivity index (χ3n) is 12.5. The van der Waals surface area contributed by atoms with Crippen LogP contribution in [0.15, 0.2) is 0 Å². The van der Waals surface area contributed by atoms with Crippen molar-refractivity contribution in [1.82, 2.24) is 9.80 Å². The van der Waals surface area contributed by atoms with Crippen molar-refractivity contribution in [2.75, 3.05) is 14.1 Å². The Morgan fingerprint density at radius 2 is 0.622 bits per heavy atom. The van der Waals surface area contributed by atoms with Crippen molar-refractivity contribution in [2.45, 2.75) is 177 Å². The van der Waals surface area contributed by atoms with E-state index >= 15 is 0 Å². The van der Waals surface area contributed by atoms with E-state index < -0.39 is 0 Å². The fraction of sp³-hybridized carbons (Fsp3) is 0.919. The fourth-order valence-corrected chi connectivity index (χ4v) is 8.25. The molecule has 2 heterocycles. The van der Waals surface area contributed by atoms with E-state index in [0.717, 1.165) is 0 Å². The van der Waals surface area contributed by atoms with Gasteiger partial charge in [-0.05, 0) is 71.0 Å². The molecule has 4 aliphatic rings. The van der Waals surface area contributed by atoms with Crippen LogP contribution in [-0.2, 0) is 9.59 Å². The molecule has 4 nitrogen and oxygen atoms in total. The molecule has 45 heavy (non-hydrogen) atoms. The molecule has 4 fully saturated rings. The number of fused-ring (bicyclic) bond motifs is 2. The molecule has 4 atom stereocenters. The zero-order chi connectivity index (χ0) is 37.0. The Labute approximate surface area is 365 Å². The van der Waals surface area contributed by atoms with Crippen LogP contribution in [0.25, 0.3) is 0 Å². The van der Waals surface area contributed by atoms with Crippen molar-refractivity contribution in [1.29, 1.82) is 0 Å². The summed E-state index contributed by atoms with van der Waals surface area (Å²) in [5.41, 5.74) is 0.124. The molecule has 0 bridgehead atoms. The van der Waals surface area contributed by atoms with Crippen molar-refractivity contribution in [2.24, 2.45) is 32.5 Å². The SMILES string of the molecule is C=II.CC.CC.CC.CC.CC.CC.CN1C(=O)C2(C)C(C)(C)C2(C)C1(C)C.CN1C(=O)C2(C)C(C)(C)C2(C)C1(C)C.[Ar].[Ar]. The van der Waals surface area contributed by atoms with Crippen LogP contribution in [-0.4, -0.2) is 51.3 Å². The van der Waals surface area contributed by atoms with Crippen molar-refractivity contribution in [3.05, 3.63) is 0 Å². The maximum absolute atomic E-state index is 12.2. The molecule has 2 aliphatic heterocycles. The number of amides is 2. The van der Waals surface area contributed by atoms with Crippen LogP contribution >= 0.6 is 35.4 Å². The van der Waals surface area contributed by atoms with Gasteiger partial charge in [0.15, 0.2) is 0 Å². The molecule has 2 saturated carbocycles. The van der Waals surface area contributed by atoms with Gasteiger partial charge in [-0.1, -0.05) is 146 Å². The Balaban J connectivity index is -0.0000000878. The number of rotatable bonds is 0. The summed E-state index contributed by atoms with van der Waals surface area (Å²) in [6.07, 6.45) is 0. The maximum atomic E-state index is 12.2. The van der Waals surface area contributed by atoms with Crippen molar-refractivity contribution in [3.63, 3.8) is 0 Å². The summed E-state index contributed by atoms with van der Waals surface area (Å²) in [5, 5.41) is 0. The van der Waals surface area contributed by atoms with E-state index in [0.29, 0.717) is 28.6 Å². The smallest absolute Gasteiger partial charge is 0.229 e. The maximum Gasteiger partial charge on any atom is 0.229 e. The van der Waals surface area contributed by atoms with E-state index in [1.807, 2.05) is 107 Å². The number of likely N-dealkylation sites (tertiary alicyclic amines) is 2. The van der Waals surface area contributed by atoms with E-state index in [-0.39, 0.29) is 119 Å². The Bertz CT molecular complexity index is 797. The van der Waals surface area contributed by atoms with Crippen LogP contribution in [0, 0.1) is 108 Å². The third kappa shape index (κ3) is 8.88. The summed E-state index contributed by atoms with van der Waals surface area (Å²) in [4.78, 5) is 28.3. The predicted octanol–water partition coefficient (Wildman–Crippen LogP) is 12.5. The molecule has 2 saturated heterocycles. The Kier molecular flexibility index (Phi) is 33.7. The summed E-state index contributed by atoms with van der Waals surface area (Å²) < 4.78 is 3.58. The zero-order valence-corrected chi connectivity index (χ0v) is 40.6. The normalized spacial score (nSPS) is 31.0. The average molecular weight is 919 g/mol. The molecule has 0 aromatic heterocycles. The quantitative estimate of drug-likeness (QED) is 0.227. The predicted molar refractivity (Wildman–Crippen MR) is 217 cm³/mol. The van der Waals surface area contributed by atoms with Crippen LogP contribution in [0.2, 0.25) is 0 Å². The zero-order valence-electron chi connectivity index (χ0n) is 34.9. The molecule has 0 aromatic rings. The van der Waals surface area contributed by atoms with E-state index in [2.05, 4.69) is 106 Å². The minimum Gasteiger partial charge on any atom is -0.340 e. The van der Waals surface area contributed by atoms with Crippen LogP contribution in [0.4, 0.5) is 0 Å². The second kappa shape index (κ2) is 24.1. The molecule has 280 valence electrons. The molecule has 2 amide bonds. The van der Waals surface area contributed by atoms with Crippen LogP contribution in [0.5, 0.6) is 0 Å². The number of hydrogen-bond acceptors (Lipinski definition) is 2. The number of hydrogen-bond donors (Lipinski definition) is 0. The third-order valence-corrected chi connectivity index (χ3v) is 12.5. The molecule has 0 aromatic carbocycles. The minimum atomic E-state index is -0.155. The molecule has 0 N–H and O–H groups in total. The van der Waals surface area contributed by atoms with Crippen LogP contribution in [0.1, 0.15) is 166 Å². The van der Waals surface area contributed by atoms with Crippen LogP contribution in [0.3, 0.4) is 0 Å². The fourth-order valence-electron chi connectivity index (χ4n) is 8.25. The molecule has 4 unspecified atom stereocenters. The first kappa shape index (κ1) is 62.9. The van der Waals surface area contributed by atoms with Gasteiger partial charge in [0, 0.05) is 111 Å². The van der Waals surface area contributed by atoms with Gasteiger partial charge in [0.2, 0.25) is 11.8 Å². The first-order valence-corrected chi connectivity index (χ1v) is 24.9. The molecule has 2 aliphatic carbocycles. The van der Waals surface area contributed by atoms with E-state index in [9.17, 15) is 9.59 Å². The number of halogens is 2. The number of carbonyl (C=O) groups is 2. The van der Waals surface area contributed by atoms with Crippen molar-refractivity contribution in [3.8, 4) is 0 Å². The standard InChI is InChI=1S/2C12H21NO.6C2H6.CH2I2.2Ar/c2*1-9(2)11(5)8(14)13(7)10(3,4)12(9,11)6;6*1-2;1-3-2;;/h2*1-7H3;6*1-2H3;1H2;;. The summed E-state index contributed by atoms with van der Waals surface area (Å²) in [5.74, 6) is 0.630. The Hall–Kier alpha value is 2.79. The molecule has 4 rings (SSSR count). The topological polar surface area (TPSA) is 40.6 Å². The molecule has 0 radical (unpaired) electrons. The Morgan fingerprint density at radius 1 is 0.489 bits per heavy atom. The first-order chi connectivity index (χ1) is 19.5. The van der Waals surface area contributed by atoms with Gasteiger partial charge >= 0.3 is 0 Å². The first-order valence-electron chi connectivity index (χ1n) is 17.1. The molecular formula is C37H80Ar2I2N2O2. The second-order valence-corrected chi connectivity index (χ2v) is 17.1. The van der Waals surface area contributed by atoms with Gasteiger partial charge in [0.1, 0.15) is 0 Å². The van der Waals surface area contributed by atoms with Gasteiger partial charge in [0.25, 0.3) is 0 Å². The molecular weight excluding hydrogens is 838 g/mol. The van der Waals surface area contributed by atoms with Crippen LogP contribution < -0.4 is 0 Å². The van der Waals surface area contributed by atoms with Gasteiger partial charge in [-0.2, -0.15) is 0 Å². The average Bonchev–Trinajstić information content (AvgIpc) is 3.53. The summed E-state index contributed by atoms with van der Waals surface area (Å²) >= 11 is 2.60. The van der Waals surface area contributed by atoms with E-state index in [1.54, 1.807) is 0 Å². The van der Waals surface area contributed by atoms with Gasteiger partial charge < -0.3 is 9.80 Å². The minimum absolute atomic E-state index is 0. The van der Waals surface area contributed by atoms with Gasteiger partial charge in [0.05, 0.1) is 10.8 Å². The number of piperidine rings is 2.